The number of ether oxygens (including phenoxy) is 1. The van der Waals surface area contributed by atoms with Crippen LogP contribution in [0.2, 0.25) is 0 Å². The molecule has 9 heteroatoms. The maximum Gasteiger partial charge on any atom is 0.305 e. The van der Waals surface area contributed by atoms with Gasteiger partial charge in [0.25, 0.3) is 5.91 Å². The normalized spacial score (nSPS) is 15.9. The molecule has 1 aromatic carbocycles. The van der Waals surface area contributed by atoms with Gasteiger partial charge in [-0.2, -0.15) is 5.10 Å². The molecule has 0 saturated carbocycles. The molecule has 1 aliphatic heterocycles. The summed E-state index contributed by atoms with van der Waals surface area (Å²) >= 11 is 11.6. The molecule has 1 aliphatic rings. The van der Waals surface area contributed by atoms with Crippen LogP contribution in [-0.2, 0) is 9.53 Å². The Morgan fingerprint density at radius 2 is 1.94 bits per heavy atom. The van der Waals surface area contributed by atoms with Crippen molar-refractivity contribution in [2.75, 3.05) is 26.2 Å². The summed E-state index contributed by atoms with van der Waals surface area (Å²) in [6.07, 6.45) is 2.80. The van der Waals surface area contributed by atoms with Crippen molar-refractivity contribution in [3.8, 4) is 0 Å². The molecule has 1 N–H and O–H groups in total. The van der Waals surface area contributed by atoms with E-state index < -0.39 is 4.33 Å². The zero-order valence-corrected chi connectivity index (χ0v) is 20.5. The summed E-state index contributed by atoms with van der Waals surface area (Å²) in [6, 6.07) is 8.14. The third-order valence-corrected chi connectivity index (χ3v) is 5.80. The van der Waals surface area contributed by atoms with Crippen LogP contribution in [0.25, 0.3) is 10.9 Å². The SMILES string of the molecule is CC(C)n1nc(C(=O)NC2CCN(CCCC(=O)OCC(C)(Cl)Cl)CC2)c2ccccc21. The fourth-order valence-corrected chi connectivity index (χ4v) is 4.04. The summed E-state index contributed by atoms with van der Waals surface area (Å²) in [6.45, 7) is 8.27. The molecule has 0 spiro atoms. The minimum atomic E-state index is -1.05. The van der Waals surface area contributed by atoms with Gasteiger partial charge in [0, 0.05) is 37.0 Å². The highest BCUT2D eigenvalue weighted by Gasteiger charge is 2.24. The molecule has 0 aliphatic carbocycles. The number of rotatable bonds is 9. The van der Waals surface area contributed by atoms with Crippen molar-refractivity contribution >= 4 is 46.0 Å². The van der Waals surface area contributed by atoms with E-state index in [-0.39, 0.29) is 30.6 Å². The molecular formula is C23H32Cl2N4O3. The zero-order valence-electron chi connectivity index (χ0n) is 18.9. The third kappa shape index (κ3) is 6.83. The number of likely N-dealkylation sites (tertiary alicyclic amines) is 1. The molecule has 1 saturated heterocycles. The Balaban J connectivity index is 1.44. The van der Waals surface area contributed by atoms with Gasteiger partial charge in [-0.1, -0.05) is 41.4 Å². The van der Waals surface area contributed by atoms with Crippen LogP contribution < -0.4 is 5.32 Å². The van der Waals surface area contributed by atoms with Gasteiger partial charge < -0.3 is 15.0 Å². The molecule has 3 rings (SSSR count). The monoisotopic (exact) mass is 482 g/mol. The summed E-state index contributed by atoms with van der Waals surface area (Å²) in [5, 5.41) is 8.64. The predicted molar refractivity (Wildman–Crippen MR) is 127 cm³/mol. The molecule has 2 aromatic rings. The van der Waals surface area contributed by atoms with E-state index in [4.69, 9.17) is 27.9 Å². The van der Waals surface area contributed by atoms with E-state index in [0.717, 1.165) is 49.8 Å². The zero-order chi connectivity index (χ0) is 23.3. The van der Waals surface area contributed by atoms with Crippen molar-refractivity contribution in [1.29, 1.82) is 0 Å². The summed E-state index contributed by atoms with van der Waals surface area (Å²) < 4.78 is 5.92. The summed E-state index contributed by atoms with van der Waals surface area (Å²) in [5.74, 6) is -0.403. The smallest absolute Gasteiger partial charge is 0.305 e. The van der Waals surface area contributed by atoms with Gasteiger partial charge in [-0.3, -0.25) is 14.3 Å². The van der Waals surface area contributed by atoms with Crippen LogP contribution in [0, 0.1) is 0 Å². The molecule has 1 amide bonds. The number of esters is 1. The second kappa shape index (κ2) is 10.9. The molecule has 0 atom stereocenters. The number of para-hydroxylation sites is 1. The van der Waals surface area contributed by atoms with Crippen molar-refractivity contribution in [3.05, 3.63) is 30.0 Å². The molecule has 176 valence electrons. The highest BCUT2D eigenvalue weighted by molar-refractivity contribution is 6.48. The third-order valence-electron chi connectivity index (χ3n) is 5.58. The lowest BCUT2D eigenvalue weighted by Crippen LogP contribution is -2.45. The predicted octanol–water partition coefficient (Wildman–Crippen LogP) is 4.33. The number of amides is 1. The Bertz CT molecular complexity index is 931. The highest BCUT2D eigenvalue weighted by Crippen LogP contribution is 2.22. The molecule has 32 heavy (non-hydrogen) atoms. The highest BCUT2D eigenvalue weighted by atomic mass is 35.5. The lowest BCUT2D eigenvalue weighted by atomic mass is 10.0. The van der Waals surface area contributed by atoms with E-state index in [9.17, 15) is 9.59 Å². The van der Waals surface area contributed by atoms with E-state index in [1.165, 1.54) is 0 Å². The van der Waals surface area contributed by atoms with Crippen LogP contribution in [0.4, 0.5) is 0 Å². The van der Waals surface area contributed by atoms with Crippen LogP contribution in [-0.4, -0.2) is 63.2 Å². The van der Waals surface area contributed by atoms with Crippen LogP contribution in [0.15, 0.2) is 24.3 Å². The Kier molecular flexibility index (Phi) is 8.42. The summed E-state index contributed by atoms with van der Waals surface area (Å²) in [7, 11) is 0. The van der Waals surface area contributed by atoms with Gasteiger partial charge in [0.2, 0.25) is 0 Å². The maximum absolute atomic E-state index is 13.0. The molecule has 7 nitrogen and oxygen atoms in total. The van der Waals surface area contributed by atoms with E-state index in [0.29, 0.717) is 12.1 Å². The largest absolute Gasteiger partial charge is 0.462 e. The van der Waals surface area contributed by atoms with E-state index in [2.05, 4.69) is 29.2 Å². The second-order valence-electron chi connectivity index (χ2n) is 8.83. The molecule has 1 fully saturated rings. The molecule has 0 radical (unpaired) electrons. The molecule has 0 bridgehead atoms. The van der Waals surface area contributed by atoms with Crippen molar-refractivity contribution in [1.82, 2.24) is 20.0 Å². The van der Waals surface area contributed by atoms with Crippen molar-refractivity contribution in [3.63, 3.8) is 0 Å². The quantitative estimate of drug-likeness (QED) is 0.425. The molecule has 0 unspecified atom stereocenters. The lowest BCUT2D eigenvalue weighted by molar-refractivity contribution is -0.144. The number of hydrogen-bond acceptors (Lipinski definition) is 5. The number of nitrogens with one attached hydrogen (secondary N) is 1. The minimum Gasteiger partial charge on any atom is -0.462 e. The first-order valence-corrected chi connectivity index (χ1v) is 11.9. The van der Waals surface area contributed by atoms with Gasteiger partial charge >= 0.3 is 5.97 Å². The number of aromatic nitrogens is 2. The first-order valence-electron chi connectivity index (χ1n) is 11.2. The van der Waals surface area contributed by atoms with Crippen molar-refractivity contribution in [2.45, 2.75) is 62.9 Å². The number of fused-ring (bicyclic) bond motifs is 1. The number of carbonyl (C=O) groups is 2. The first-order chi connectivity index (χ1) is 15.1. The van der Waals surface area contributed by atoms with Crippen LogP contribution in [0.3, 0.4) is 0 Å². The topological polar surface area (TPSA) is 76.5 Å². The van der Waals surface area contributed by atoms with Crippen LogP contribution in [0.5, 0.6) is 0 Å². The van der Waals surface area contributed by atoms with Crippen LogP contribution in [0.1, 0.15) is 63.0 Å². The van der Waals surface area contributed by atoms with E-state index in [1.807, 2.05) is 28.9 Å². The van der Waals surface area contributed by atoms with Crippen LogP contribution >= 0.6 is 23.2 Å². The maximum atomic E-state index is 13.0. The Hall–Kier alpha value is -1.83. The average Bonchev–Trinajstić information content (AvgIpc) is 3.13. The van der Waals surface area contributed by atoms with E-state index >= 15 is 0 Å². The van der Waals surface area contributed by atoms with E-state index in [1.54, 1.807) is 6.92 Å². The van der Waals surface area contributed by atoms with Gasteiger partial charge in [-0.15, -0.1) is 0 Å². The van der Waals surface area contributed by atoms with Gasteiger partial charge in [0.1, 0.15) is 10.9 Å². The Morgan fingerprint density at radius 1 is 1.25 bits per heavy atom. The number of alkyl halides is 2. The van der Waals surface area contributed by atoms with Gasteiger partial charge in [0.05, 0.1) is 5.52 Å². The molecule has 2 heterocycles. The second-order valence-corrected chi connectivity index (χ2v) is 10.7. The number of halogens is 2. The van der Waals surface area contributed by atoms with Gasteiger partial charge in [-0.05, 0) is 52.6 Å². The van der Waals surface area contributed by atoms with Gasteiger partial charge in [0.15, 0.2) is 5.69 Å². The van der Waals surface area contributed by atoms with Crippen molar-refractivity contribution < 1.29 is 14.3 Å². The molecule has 1 aromatic heterocycles. The Labute approximate surface area is 199 Å². The fraction of sp³-hybridized carbons (Fsp3) is 0.609. The fourth-order valence-electron chi connectivity index (χ4n) is 3.93. The lowest BCUT2D eigenvalue weighted by Gasteiger charge is -2.32. The van der Waals surface area contributed by atoms with Gasteiger partial charge in [-0.25, -0.2) is 0 Å². The number of nitrogens with zero attached hydrogens (tertiary/aromatic N) is 3. The number of benzene rings is 1. The first kappa shape index (κ1) is 24.8. The summed E-state index contributed by atoms with van der Waals surface area (Å²) in [5.41, 5.74) is 1.46. The average molecular weight is 483 g/mol. The molecular weight excluding hydrogens is 451 g/mol. The number of hydrogen-bond donors (Lipinski definition) is 1. The Morgan fingerprint density at radius 3 is 2.59 bits per heavy atom. The number of piperidine rings is 1. The minimum absolute atomic E-state index is 0.00919. The van der Waals surface area contributed by atoms with Crippen molar-refractivity contribution in [2.24, 2.45) is 0 Å². The number of carbonyl (C=O) groups excluding carboxylic acids is 2. The standard InChI is InChI=1S/C23H32Cl2N4O3/c1-16(2)29-19-8-5-4-7-18(19)21(27-29)22(31)26-17-10-13-28(14-11-17)12-6-9-20(30)32-15-23(3,24)25/h4-5,7-8,16-17H,6,9-15H2,1-3H3,(H,26,31). The summed E-state index contributed by atoms with van der Waals surface area (Å²) in [4.78, 5) is 27.0.